The zero-order valence-electron chi connectivity index (χ0n) is 22.9. The van der Waals surface area contributed by atoms with Crippen LogP contribution in [0.1, 0.15) is 64.0 Å². The molecule has 6 nitrogen and oxygen atoms in total. The van der Waals surface area contributed by atoms with Crippen LogP contribution in [0.4, 0.5) is 4.79 Å². The Kier molecular flexibility index (Phi) is 8.14. The molecule has 4 rings (SSSR count). The van der Waals surface area contributed by atoms with E-state index in [2.05, 4.69) is 67.5 Å². The third-order valence-electron chi connectivity index (χ3n) is 7.86. The molecule has 1 heterocycles. The number of amides is 1. The molecule has 1 aliphatic heterocycles. The Morgan fingerprint density at radius 2 is 1.81 bits per heavy atom. The molecular formula is C31H41N3O3. The molecule has 37 heavy (non-hydrogen) atoms. The number of hydrogen-bond donors (Lipinski definition) is 0. The van der Waals surface area contributed by atoms with Crippen LogP contribution in [0.25, 0.3) is 0 Å². The number of nitriles is 1. The molecule has 1 amide bonds. The Morgan fingerprint density at radius 1 is 1.11 bits per heavy atom. The van der Waals surface area contributed by atoms with Crippen molar-refractivity contribution in [2.45, 2.75) is 82.6 Å². The number of hydrogen-bond acceptors (Lipinski definition) is 5. The van der Waals surface area contributed by atoms with Gasteiger partial charge in [-0.05, 0) is 96.1 Å². The van der Waals surface area contributed by atoms with Crippen molar-refractivity contribution in [3.63, 3.8) is 0 Å². The summed E-state index contributed by atoms with van der Waals surface area (Å²) in [7, 11) is 4.41. The average molecular weight is 504 g/mol. The molecule has 6 heteroatoms. The third kappa shape index (κ3) is 6.45. The normalized spacial score (nSPS) is 26.1. The summed E-state index contributed by atoms with van der Waals surface area (Å²) in [5.41, 5.74) is 2.21. The molecule has 0 bridgehead atoms. The summed E-state index contributed by atoms with van der Waals surface area (Å²) in [4.78, 5) is 16.5. The lowest BCUT2D eigenvalue weighted by Crippen LogP contribution is -2.44. The minimum atomic E-state index is -0.600. The second-order valence-electron chi connectivity index (χ2n) is 11.8. The van der Waals surface area contributed by atoms with E-state index in [0.717, 1.165) is 25.0 Å². The molecule has 0 N–H and O–H groups in total. The summed E-state index contributed by atoms with van der Waals surface area (Å²) in [6, 6.07) is 20.9. The van der Waals surface area contributed by atoms with Gasteiger partial charge in [-0.25, -0.2) is 4.79 Å². The van der Waals surface area contributed by atoms with E-state index in [1.165, 1.54) is 28.9 Å². The van der Waals surface area contributed by atoms with Crippen LogP contribution < -0.4 is 4.74 Å². The molecule has 2 aromatic carbocycles. The van der Waals surface area contributed by atoms with E-state index in [-0.39, 0.29) is 11.6 Å². The molecule has 0 spiro atoms. The van der Waals surface area contributed by atoms with E-state index in [1.807, 2.05) is 32.9 Å². The summed E-state index contributed by atoms with van der Waals surface area (Å²) in [5.74, 6) is 1.44. The van der Waals surface area contributed by atoms with Crippen molar-refractivity contribution in [3.05, 3.63) is 65.7 Å². The lowest BCUT2D eigenvalue weighted by molar-refractivity contribution is 0.0243. The van der Waals surface area contributed by atoms with Gasteiger partial charge in [-0.1, -0.05) is 42.5 Å². The lowest BCUT2D eigenvalue weighted by Gasteiger charge is -2.45. The van der Waals surface area contributed by atoms with Crippen LogP contribution in [0.15, 0.2) is 54.6 Å². The molecule has 198 valence electrons. The average Bonchev–Trinajstić information content (AvgIpc) is 3.27. The zero-order valence-corrected chi connectivity index (χ0v) is 22.9. The lowest BCUT2D eigenvalue weighted by atomic mass is 9.70. The fourth-order valence-electron chi connectivity index (χ4n) is 5.90. The van der Waals surface area contributed by atoms with Crippen LogP contribution in [0.3, 0.4) is 0 Å². The van der Waals surface area contributed by atoms with Crippen molar-refractivity contribution < 1.29 is 14.3 Å². The number of likely N-dealkylation sites (tertiary alicyclic amines) is 1. The Hall–Kier alpha value is -3.04. The van der Waals surface area contributed by atoms with E-state index in [4.69, 9.17) is 9.47 Å². The second kappa shape index (κ2) is 11.1. The first-order valence-corrected chi connectivity index (χ1v) is 13.5. The van der Waals surface area contributed by atoms with Crippen LogP contribution in [-0.4, -0.2) is 54.3 Å². The molecule has 0 radical (unpaired) electrons. The minimum Gasteiger partial charge on any atom is -0.488 e. The predicted octanol–water partition coefficient (Wildman–Crippen LogP) is 6.16. The molecule has 0 aromatic heterocycles. The summed E-state index contributed by atoms with van der Waals surface area (Å²) in [6.07, 6.45) is 5.52. The molecular weight excluding hydrogens is 462 g/mol. The molecule has 2 fully saturated rings. The summed E-state index contributed by atoms with van der Waals surface area (Å²) in [5, 5.41) is 9.58. The van der Waals surface area contributed by atoms with Crippen molar-refractivity contribution in [1.82, 2.24) is 9.80 Å². The van der Waals surface area contributed by atoms with Gasteiger partial charge in [0.05, 0.1) is 12.6 Å². The number of carbonyl (C=O) groups is 1. The van der Waals surface area contributed by atoms with Gasteiger partial charge < -0.3 is 9.47 Å². The Morgan fingerprint density at radius 3 is 2.43 bits per heavy atom. The van der Waals surface area contributed by atoms with Gasteiger partial charge in [0.2, 0.25) is 0 Å². The highest BCUT2D eigenvalue weighted by Gasteiger charge is 2.40. The van der Waals surface area contributed by atoms with Crippen LogP contribution in [-0.2, 0) is 16.7 Å². The van der Waals surface area contributed by atoms with Crippen LogP contribution >= 0.6 is 0 Å². The van der Waals surface area contributed by atoms with E-state index in [0.29, 0.717) is 18.9 Å². The largest absolute Gasteiger partial charge is 0.488 e. The first-order valence-electron chi connectivity index (χ1n) is 13.5. The van der Waals surface area contributed by atoms with Crippen molar-refractivity contribution in [1.29, 1.82) is 5.26 Å². The highest BCUT2D eigenvalue weighted by atomic mass is 16.6. The maximum Gasteiger partial charge on any atom is 0.411 e. The number of ether oxygens (including phenoxy) is 2. The van der Waals surface area contributed by atoms with Crippen LogP contribution in [0.2, 0.25) is 0 Å². The molecule has 2 aromatic rings. The number of nitrogens with zero attached hydrogens (tertiary/aromatic N) is 3. The molecule has 1 saturated heterocycles. The highest BCUT2D eigenvalue weighted by molar-refractivity contribution is 5.69. The molecule has 2 atom stereocenters. The van der Waals surface area contributed by atoms with Gasteiger partial charge in [0.1, 0.15) is 23.5 Å². The van der Waals surface area contributed by atoms with Crippen LogP contribution in [0, 0.1) is 17.2 Å². The zero-order chi connectivity index (χ0) is 26.6. The summed E-state index contributed by atoms with van der Waals surface area (Å²) in [6.45, 7) is 5.84. The van der Waals surface area contributed by atoms with E-state index in [1.54, 1.807) is 0 Å². The smallest absolute Gasteiger partial charge is 0.411 e. The second-order valence-corrected chi connectivity index (χ2v) is 11.8. The van der Waals surface area contributed by atoms with Crippen molar-refractivity contribution in [3.8, 4) is 11.8 Å². The Labute approximate surface area is 222 Å². The van der Waals surface area contributed by atoms with Gasteiger partial charge in [0.25, 0.3) is 0 Å². The molecule has 1 saturated carbocycles. The molecule has 1 aliphatic carbocycles. The molecule has 2 unspecified atom stereocenters. The quantitative estimate of drug-likeness (QED) is 0.473. The maximum absolute atomic E-state index is 12.6. The van der Waals surface area contributed by atoms with Gasteiger partial charge in [-0.15, -0.1) is 0 Å². The van der Waals surface area contributed by atoms with Gasteiger partial charge in [-0.2, -0.15) is 5.26 Å². The Bertz CT molecular complexity index is 1090. The third-order valence-corrected chi connectivity index (χ3v) is 7.86. The number of rotatable bonds is 6. The monoisotopic (exact) mass is 503 g/mol. The van der Waals surface area contributed by atoms with Gasteiger partial charge >= 0.3 is 6.09 Å². The fraction of sp³-hybridized carbons (Fsp3) is 0.548. The highest BCUT2D eigenvalue weighted by Crippen LogP contribution is 2.44. The van der Waals surface area contributed by atoms with E-state index in [9.17, 15) is 10.1 Å². The van der Waals surface area contributed by atoms with Gasteiger partial charge in [0, 0.05) is 12.0 Å². The van der Waals surface area contributed by atoms with Crippen molar-refractivity contribution >= 4 is 6.09 Å². The van der Waals surface area contributed by atoms with Crippen molar-refractivity contribution in [2.24, 2.45) is 5.92 Å². The summed E-state index contributed by atoms with van der Waals surface area (Å²) >= 11 is 0. The number of carbonyl (C=O) groups excluding carboxylic acids is 1. The molecule has 2 aliphatic rings. The minimum absolute atomic E-state index is 0.114. The topological polar surface area (TPSA) is 65.8 Å². The maximum atomic E-state index is 12.6. The Balaban J connectivity index is 1.35. The first kappa shape index (κ1) is 27.0. The van der Waals surface area contributed by atoms with E-state index >= 15 is 0 Å². The first-order chi connectivity index (χ1) is 17.6. The van der Waals surface area contributed by atoms with E-state index < -0.39 is 17.7 Å². The predicted molar refractivity (Wildman–Crippen MR) is 145 cm³/mol. The SMILES string of the molecule is CN(C)C1(c2ccccc2)CCC(Cc2cccc(OC3CC(C#N)N(C(=O)OC(C)(C)C)C3)c2)CC1. The standard InChI is InChI=1S/C31H41N3O3/c1-30(2,3)37-29(35)34-22-28(20-26(34)21-32)36-27-13-9-10-24(19-27)18-23-14-16-31(17-15-23,33(4)5)25-11-7-6-8-12-25/h6-13,19,23,26,28H,14-18,20,22H2,1-5H3. The summed E-state index contributed by atoms with van der Waals surface area (Å²) < 4.78 is 11.8. The van der Waals surface area contributed by atoms with Crippen molar-refractivity contribution in [2.75, 3.05) is 20.6 Å². The number of benzene rings is 2. The van der Waals surface area contributed by atoms with Gasteiger partial charge in [0.15, 0.2) is 0 Å². The fourth-order valence-corrected chi connectivity index (χ4v) is 5.90. The van der Waals surface area contributed by atoms with Crippen LogP contribution in [0.5, 0.6) is 5.75 Å². The van der Waals surface area contributed by atoms with Gasteiger partial charge in [-0.3, -0.25) is 9.80 Å².